The first-order valence-electron chi connectivity index (χ1n) is 5.81. The predicted molar refractivity (Wildman–Crippen MR) is 76.8 cm³/mol. The van der Waals surface area contributed by atoms with E-state index in [0.29, 0.717) is 0 Å². The molecule has 0 aliphatic heterocycles. The molecule has 1 aromatic rings. The summed E-state index contributed by atoms with van der Waals surface area (Å²) in [5.41, 5.74) is 1.05. The molecule has 3 heteroatoms. The van der Waals surface area contributed by atoms with Crippen molar-refractivity contribution < 1.29 is 4.74 Å². The highest BCUT2D eigenvalue weighted by Gasteiger charge is 1.98. The molecule has 0 heterocycles. The van der Waals surface area contributed by atoms with Gasteiger partial charge in [-0.25, -0.2) is 0 Å². The Balaban J connectivity index is 2.69. The summed E-state index contributed by atoms with van der Waals surface area (Å²) in [5, 5.41) is 0. The van der Waals surface area contributed by atoms with Crippen LogP contribution in [0.3, 0.4) is 0 Å². The van der Waals surface area contributed by atoms with Crippen molar-refractivity contribution in [2.45, 2.75) is 13.8 Å². The second kappa shape index (κ2) is 7.07. The van der Waals surface area contributed by atoms with Gasteiger partial charge in [0.05, 0.1) is 7.11 Å². The zero-order valence-electron chi connectivity index (χ0n) is 10.6. The number of methoxy groups -OCH3 is 1. The van der Waals surface area contributed by atoms with Crippen molar-refractivity contribution in [3.63, 3.8) is 0 Å². The minimum atomic E-state index is 0.847. The van der Waals surface area contributed by atoms with E-state index in [2.05, 4.69) is 18.7 Å². The summed E-state index contributed by atoms with van der Waals surface area (Å²) >= 11 is 5.36. The molecule has 92 valence electrons. The minimum Gasteiger partial charge on any atom is -0.497 e. The number of hydrogen-bond donors (Lipinski definition) is 0. The quantitative estimate of drug-likeness (QED) is 0.436. The van der Waals surface area contributed by atoms with Crippen molar-refractivity contribution in [2.75, 3.05) is 20.2 Å². The second-order valence-electron chi connectivity index (χ2n) is 3.63. The molecule has 0 aromatic heterocycles. The highest BCUT2D eigenvalue weighted by Crippen LogP contribution is 2.12. The van der Waals surface area contributed by atoms with Gasteiger partial charge in [-0.1, -0.05) is 12.2 Å². The summed E-state index contributed by atoms with van der Waals surface area (Å²) in [4.78, 5) is 3.05. The van der Waals surface area contributed by atoms with E-state index in [1.165, 1.54) is 0 Å². The van der Waals surface area contributed by atoms with Gasteiger partial charge in [0.25, 0.3) is 0 Å². The first-order chi connectivity index (χ1) is 8.21. The summed E-state index contributed by atoms with van der Waals surface area (Å²) in [7, 11) is 1.66. The maximum atomic E-state index is 5.36. The fourth-order valence-corrected chi connectivity index (χ4v) is 1.66. The Bertz CT molecular complexity index is 380. The second-order valence-corrected chi connectivity index (χ2v) is 4.07. The van der Waals surface area contributed by atoms with Crippen LogP contribution in [-0.2, 0) is 0 Å². The number of hydrogen-bond acceptors (Lipinski definition) is 3. The van der Waals surface area contributed by atoms with E-state index in [0.717, 1.165) is 29.3 Å². The van der Waals surface area contributed by atoms with E-state index >= 15 is 0 Å². The number of benzene rings is 1. The summed E-state index contributed by atoms with van der Waals surface area (Å²) in [6.45, 7) is 6.25. The Morgan fingerprint density at radius 3 is 2.29 bits per heavy atom. The smallest absolute Gasteiger partial charge is 0.118 e. The van der Waals surface area contributed by atoms with Crippen molar-refractivity contribution in [3.8, 4) is 5.75 Å². The van der Waals surface area contributed by atoms with Gasteiger partial charge in [0.15, 0.2) is 0 Å². The highest BCUT2D eigenvalue weighted by atomic mass is 32.1. The lowest BCUT2D eigenvalue weighted by Crippen LogP contribution is -2.15. The number of thiocarbonyl (C=S) groups is 1. The standard InChI is InChI=1S/C14H19NOS/c1-4-15(5-2)11-10-14(17)12-6-8-13(16-3)9-7-12/h6-11H,4-5H2,1-3H3/b11-10+. The van der Waals surface area contributed by atoms with E-state index in [9.17, 15) is 0 Å². The van der Waals surface area contributed by atoms with Crippen LogP contribution in [-0.4, -0.2) is 30.0 Å². The molecule has 0 aliphatic rings. The van der Waals surface area contributed by atoms with Gasteiger partial charge < -0.3 is 9.64 Å². The molecule has 0 amide bonds. The summed E-state index contributed by atoms with van der Waals surface area (Å²) in [6.07, 6.45) is 4.02. The maximum Gasteiger partial charge on any atom is 0.118 e. The summed E-state index contributed by atoms with van der Waals surface area (Å²) in [6, 6.07) is 7.81. The van der Waals surface area contributed by atoms with E-state index < -0.39 is 0 Å². The van der Waals surface area contributed by atoms with Crippen LogP contribution in [0.4, 0.5) is 0 Å². The highest BCUT2D eigenvalue weighted by molar-refractivity contribution is 7.81. The Morgan fingerprint density at radius 2 is 1.82 bits per heavy atom. The van der Waals surface area contributed by atoms with E-state index in [4.69, 9.17) is 17.0 Å². The molecule has 0 saturated heterocycles. The molecule has 0 aliphatic carbocycles. The van der Waals surface area contributed by atoms with Gasteiger partial charge in [0.1, 0.15) is 5.75 Å². The molecule has 0 N–H and O–H groups in total. The molecule has 1 rings (SSSR count). The van der Waals surface area contributed by atoms with Crippen molar-refractivity contribution in [1.82, 2.24) is 4.90 Å². The van der Waals surface area contributed by atoms with Crippen molar-refractivity contribution in [3.05, 3.63) is 42.1 Å². The molecular formula is C14H19NOS. The van der Waals surface area contributed by atoms with Crippen molar-refractivity contribution in [1.29, 1.82) is 0 Å². The van der Waals surface area contributed by atoms with Crippen LogP contribution in [0.25, 0.3) is 0 Å². The van der Waals surface area contributed by atoms with E-state index in [1.54, 1.807) is 7.11 Å². The molecule has 0 spiro atoms. The molecular weight excluding hydrogens is 230 g/mol. The third-order valence-corrected chi connectivity index (χ3v) is 3.00. The van der Waals surface area contributed by atoms with Crippen LogP contribution in [0.1, 0.15) is 19.4 Å². The lowest BCUT2D eigenvalue weighted by Gasteiger charge is -2.14. The molecule has 0 radical (unpaired) electrons. The Kier molecular flexibility index (Phi) is 5.70. The molecule has 1 aromatic carbocycles. The van der Waals surface area contributed by atoms with Crippen LogP contribution in [0.5, 0.6) is 5.75 Å². The lowest BCUT2D eigenvalue weighted by atomic mass is 10.1. The molecule has 17 heavy (non-hydrogen) atoms. The average Bonchev–Trinajstić information content (AvgIpc) is 2.39. The maximum absolute atomic E-state index is 5.36. The molecule has 0 unspecified atom stereocenters. The van der Waals surface area contributed by atoms with E-state index in [1.807, 2.05) is 36.5 Å². The summed E-state index contributed by atoms with van der Waals surface area (Å²) < 4.78 is 5.11. The largest absolute Gasteiger partial charge is 0.497 e. The fraction of sp³-hybridized carbons (Fsp3) is 0.357. The third-order valence-electron chi connectivity index (χ3n) is 2.62. The van der Waals surface area contributed by atoms with E-state index in [-0.39, 0.29) is 0 Å². The number of nitrogens with zero attached hydrogens (tertiary/aromatic N) is 1. The Hall–Kier alpha value is -1.35. The summed E-state index contributed by atoms with van der Waals surface area (Å²) in [5.74, 6) is 0.851. The van der Waals surface area contributed by atoms with Gasteiger partial charge in [-0.3, -0.25) is 0 Å². The first-order valence-corrected chi connectivity index (χ1v) is 6.22. The topological polar surface area (TPSA) is 12.5 Å². The third kappa shape index (κ3) is 4.19. The molecule has 2 nitrogen and oxygen atoms in total. The van der Waals surface area contributed by atoms with Crippen molar-refractivity contribution >= 4 is 17.1 Å². The zero-order valence-corrected chi connectivity index (χ0v) is 11.5. The van der Waals surface area contributed by atoms with Crippen LogP contribution in [0, 0.1) is 0 Å². The van der Waals surface area contributed by atoms with Crippen LogP contribution < -0.4 is 4.74 Å². The van der Waals surface area contributed by atoms with Crippen LogP contribution in [0.2, 0.25) is 0 Å². The average molecular weight is 249 g/mol. The fourth-order valence-electron chi connectivity index (χ4n) is 1.46. The number of ether oxygens (including phenoxy) is 1. The number of allylic oxidation sites excluding steroid dienone is 1. The molecule has 0 bridgehead atoms. The Labute approximate surface area is 109 Å². The predicted octanol–water partition coefficient (Wildman–Crippen LogP) is 3.27. The zero-order chi connectivity index (χ0) is 12.7. The number of rotatable bonds is 6. The molecule has 0 atom stereocenters. The first kappa shape index (κ1) is 13.7. The minimum absolute atomic E-state index is 0.847. The van der Waals surface area contributed by atoms with Gasteiger partial charge in [-0.05, 0) is 49.8 Å². The van der Waals surface area contributed by atoms with Gasteiger partial charge >= 0.3 is 0 Å². The van der Waals surface area contributed by atoms with Gasteiger partial charge in [-0.2, -0.15) is 0 Å². The lowest BCUT2D eigenvalue weighted by molar-refractivity contribution is 0.415. The SMILES string of the molecule is CCN(/C=C/C(=S)c1ccc(OC)cc1)CC. The van der Waals surface area contributed by atoms with Gasteiger partial charge in [-0.15, -0.1) is 0 Å². The molecule has 0 saturated carbocycles. The molecule has 0 fully saturated rings. The normalized spacial score (nSPS) is 10.5. The van der Waals surface area contributed by atoms with Gasteiger partial charge in [0.2, 0.25) is 0 Å². The van der Waals surface area contributed by atoms with Crippen LogP contribution in [0.15, 0.2) is 36.5 Å². The monoisotopic (exact) mass is 249 g/mol. The van der Waals surface area contributed by atoms with Gasteiger partial charge in [0, 0.05) is 24.2 Å². The Morgan fingerprint density at radius 1 is 1.24 bits per heavy atom. The van der Waals surface area contributed by atoms with Crippen LogP contribution >= 0.6 is 12.2 Å². The van der Waals surface area contributed by atoms with Crippen molar-refractivity contribution in [2.24, 2.45) is 0 Å².